The third kappa shape index (κ3) is 4.48. The summed E-state index contributed by atoms with van der Waals surface area (Å²) in [5, 5.41) is 0. The highest BCUT2D eigenvalue weighted by atomic mass is 32.1. The van der Waals surface area contributed by atoms with Crippen LogP contribution in [0.3, 0.4) is 0 Å². The van der Waals surface area contributed by atoms with Crippen molar-refractivity contribution in [3.05, 3.63) is 0 Å². The molecule has 0 heterocycles. The Morgan fingerprint density at radius 2 is 2.40 bits per heavy atom. The Labute approximate surface area is 40.3 Å². The largest absolute Gasteiger partial charge is 0.235 e. The van der Waals surface area contributed by atoms with Crippen molar-refractivity contribution < 1.29 is 0 Å². The highest BCUT2D eigenvalue weighted by molar-refractivity contribution is 8.06. The molecule has 0 atom stereocenters. The van der Waals surface area contributed by atoms with E-state index in [0.717, 1.165) is 6.32 Å². The second-order valence-electron chi connectivity index (χ2n) is 0.760. The van der Waals surface area contributed by atoms with Crippen LogP contribution in [0.15, 0.2) is 0 Å². The van der Waals surface area contributed by atoms with Gasteiger partial charge < -0.3 is 0 Å². The molecule has 25 valence electrons. The molecule has 0 aliphatic heterocycles. The third-order valence-corrected chi connectivity index (χ3v) is 0.554. The summed E-state index contributed by atoms with van der Waals surface area (Å²) in [6, 6.07) is 0. The summed E-state index contributed by atoms with van der Waals surface area (Å²) in [5.41, 5.74) is 0. The first-order valence-corrected chi connectivity index (χ1v) is 2.09. The molecule has 0 aliphatic rings. The Morgan fingerprint density at radius 3 is 2.40 bits per heavy atom. The number of rotatable bonds is 2. The van der Waals surface area contributed by atoms with E-state index in [1.165, 1.54) is 0 Å². The average Bonchev–Trinajstić information content (AvgIpc) is 1.41. The van der Waals surface area contributed by atoms with Crippen molar-refractivity contribution in [2.24, 2.45) is 0 Å². The van der Waals surface area contributed by atoms with E-state index >= 15 is 0 Å². The molecular formula is C2H5B2S. The fourth-order valence-corrected chi connectivity index (χ4v) is 0.224. The van der Waals surface area contributed by atoms with Gasteiger partial charge in [0.15, 0.2) is 6.56 Å². The monoisotopic (exact) mass is 83.0 g/mol. The predicted molar refractivity (Wildman–Crippen MR) is 30.1 cm³/mol. The molecule has 0 unspecified atom stereocenters. The first-order chi connectivity index (χ1) is 2.41. The van der Waals surface area contributed by atoms with Gasteiger partial charge in [-0.1, -0.05) is 12.6 Å². The fraction of sp³-hybridized carbons (Fsp3) is 1.00. The lowest BCUT2D eigenvalue weighted by atomic mass is 9.89. The highest BCUT2D eigenvalue weighted by Gasteiger charge is 1.72. The van der Waals surface area contributed by atoms with Crippen molar-refractivity contribution in [3.8, 4) is 0 Å². The lowest BCUT2D eigenvalue weighted by molar-refractivity contribution is 1.46. The minimum Gasteiger partial charge on any atom is -0.235 e. The van der Waals surface area contributed by atoms with Crippen molar-refractivity contribution in [1.29, 1.82) is 0 Å². The molecule has 0 saturated heterocycles. The Balaban J connectivity index is 2.19. The Morgan fingerprint density at radius 1 is 1.80 bits per heavy atom. The first kappa shape index (κ1) is 5.48. The quantitative estimate of drug-likeness (QED) is 0.365. The van der Waals surface area contributed by atoms with Gasteiger partial charge in [-0.05, 0) is 0 Å². The summed E-state index contributed by atoms with van der Waals surface area (Å²) >= 11 is 3.80. The van der Waals surface area contributed by atoms with E-state index in [9.17, 15) is 0 Å². The maximum atomic E-state index is 5.06. The van der Waals surface area contributed by atoms with Gasteiger partial charge in [-0.3, -0.25) is 0 Å². The highest BCUT2D eigenvalue weighted by Crippen LogP contribution is 1.82. The molecule has 0 aliphatic carbocycles. The summed E-state index contributed by atoms with van der Waals surface area (Å²) in [6.07, 6.45) is 1.62. The van der Waals surface area contributed by atoms with Crippen LogP contribution in [-0.2, 0) is 0 Å². The average molecular weight is 82.8 g/mol. The van der Waals surface area contributed by atoms with Crippen molar-refractivity contribution in [2.75, 3.05) is 0 Å². The van der Waals surface area contributed by atoms with Crippen molar-refractivity contribution >= 4 is 26.9 Å². The Hall–Kier alpha value is 0.480. The van der Waals surface area contributed by atoms with E-state index in [-0.39, 0.29) is 0 Å². The second kappa shape index (κ2) is 4.48. The maximum absolute atomic E-state index is 5.06. The summed E-state index contributed by atoms with van der Waals surface area (Å²) in [7, 11) is 5.06. The van der Waals surface area contributed by atoms with Crippen molar-refractivity contribution in [3.63, 3.8) is 0 Å². The Kier molecular flexibility index (Phi) is 4.91. The maximum Gasteiger partial charge on any atom is 0.186 e. The molecule has 0 nitrogen and oxygen atoms in total. The molecule has 0 aromatic rings. The summed E-state index contributed by atoms with van der Waals surface area (Å²) < 4.78 is 0. The molecular weight excluding hydrogens is 77.7 g/mol. The Bertz CT molecular complexity index is 15.1. The van der Waals surface area contributed by atoms with Gasteiger partial charge in [0, 0.05) is 0 Å². The first-order valence-electron chi connectivity index (χ1n) is 1.57. The van der Waals surface area contributed by atoms with Crippen LogP contribution in [0.5, 0.6) is 0 Å². The topological polar surface area (TPSA) is 0 Å². The molecule has 0 N–H and O–H groups in total. The van der Waals surface area contributed by atoms with Crippen molar-refractivity contribution in [2.45, 2.75) is 12.6 Å². The van der Waals surface area contributed by atoms with Gasteiger partial charge in [0.05, 0.1) is 7.85 Å². The van der Waals surface area contributed by atoms with Crippen LogP contribution in [0.4, 0.5) is 0 Å². The summed E-state index contributed by atoms with van der Waals surface area (Å²) in [6.45, 7) is 1.75. The molecule has 0 aromatic carbocycles. The number of hydrogen-bond acceptors (Lipinski definition) is 1. The molecule has 0 spiro atoms. The normalized spacial score (nSPS) is 7.40. The third-order valence-electron chi connectivity index (χ3n) is 0.296. The number of hydrogen-bond donors (Lipinski definition) is 1. The molecule has 0 saturated carbocycles. The smallest absolute Gasteiger partial charge is 0.186 e. The van der Waals surface area contributed by atoms with E-state index in [2.05, 4.69) is 12.5 Å². The molecule has 3 heteroatoms. The van der Waals surface area contributed by atoms with Gasteiger partial charge in [0.1, 0.15) is 0 Å². The van der Waals surface area contributed by atoms with E-state index in [1.54, 1.807) is 6.56 Å². The minimum absolute atomic E-state index is 0.712. The zero-order valence-corrected chi connectivity index (χ0v) is 3.91. The fourth-order valence-electron chi connectivity index (χ4n) is 0.0745. The van der Waals surface area contributed by atoms with Gasteiger partial charge >= 0.3 is 0 Å². The zero-order chi connectivity index (χ0) is 4.12. The minimum atomic E-state index is 0.712. The molecule has 0 rings (SSSR count). The second-order valence-corrected chi connectivity index (χ2v) is 1.13. The van der Waals surface area contributed by atoms with Crippen LogP contribution < -0.4 is 0 Å². The molecule has 0 fully saturated rings. The molecule has 0 bridgehead atoms. The van der Waals surface area contributed by atoms with Crippen LogP contribution in [0.25, 0.3) is 0 Å². The van der Waals surface area contributed by atoms with Gasteiger partial charge in [0.25, 0.3) is 0 Å². The van der Waals surface area contributed by atoms with Crippen LogP contribution in [-0.4, -0.2) is 14.4 Å². The van der Waals surface area contributed by atoms with Crippen LogP contribution in [0.2, 0.25) is 12.6 Å². The molecule has 0 amide bonds. The van der Waals surface area contributed by atoms with Crippen LogP contribution in [0.1, 0.15) is 0 Å². The molecule has 5 heavy (non-hydrogen) atoms. The van der Waals surface area contributed by atoms with Crippen LogP contribution >= 0.6 is 12.5 Å². The van der Waals surface area contributed by atoms with E-state index in [0.29, 0.717) is 6.32 Å². The van der Waals surface area contributed by atoms with Crippen LogP contribution in [0, 0.1) is 0 Å². The predicted octanol–water partition coefficient (Wildman–Crippen LogP) is 0.540. The van der Waals surface area contributed by atoms with Gasteiger partial charge in [-0.2, -0.15) is 0 Å². The van der Waals surface area contributed by atoms with E-state index in [4.69, 9.17) is 7.85 Å². The lowest BCUT2D eigenvalue weighted by Crippen LogP contribution is -1.72. The SMILES string of the molecule is [B]CC[B]S. The van der Waals surface area contributed by atoms with Gasteiger partial charge in [-0.25, -0.2) is 12.5 Å². The van der Waals surface area contributed by atoms with E-state index < -0.39 is 0 Å². The van der Waals surface area contributed by atoms with Crippen molar-refractivity contribution in [1.82, 2.24) is 0 Å². The molecule has 0 aromatic heterocycles. The molecule has 3 radical (unpaired) electrons. The lowest BCUT2D eigenvalue weighted by Gasteiger charge is -1.75. The van der Waals surface area contributed by atoms with Gasteiger partial charge in [-0.15, -0.1) is 0 Å². The summed E-state index contributed by atoms with van der Waals surface area (Å²) in [4.78, 5) is 0. The van der Waals surface area contributed by atoms with E-state index in [1.807, 2.05) is 0 Å². The zero-order valence-electron chi connectivity index (χ0n) is 3.02. The number of thiol groups is 1. The standard InChI is InChI=1S/C2H5B2S/c3-1-2-4-5/h5H,1-2H2. The summed E-state index contributed by atoms with van der Waals surface area (Å²) in [5.74, 6) is 0. The van der Waals surface area contributed by atoms with Gasteiger partial charge in [0.2, 0.25) is 0 Å².